The van der Waals surface area contributed by atoms with Gasteiger partial charge in [-0.3, -0.25) is 4.79 Å². The Hall–Kier alpha value is -1.03. The molecule has 1 atom stereocenters. The molecule has 0 aliphatic rings. The summed E-state index contributed by atoms with van der Waals surface area (Å²) in [6, 6.07) is 4.06. The van der Waals surface area contributed by atoms with Crippen LogP contribution in [0.4, 0.5) is 13.2 Å². The maximum absolute atomic E-state index is 12.2. The van der Waals surface area contributed by atoms with Crippen molar-refractivity contribution in [2.75, 3.05) is 0 Å². The maximum atomic E-state index is 12.2. The van der Waals surface area contributed by atoms with Crippen LogP contribution in [0, 0.1) is 0 Å². The molecule has 0 aliphatic carbocycles. The van der Waals surface area contributed by atoms with Crippen molar-refractivity contribution >= 4 is 17.4 Å². The first-order valence-corrected chi connectivity index (χ1v) is 5.15. The topological polar surface area (TPSA) is 17.1 Å². The third-order valence-electron chi connectivity index (χ3n) is 2.14. The Kier molecular flexibility index (Phi) is 3.97. The Morgan fingerprint density at radius 2 is 1.81 bits per heavy atom. The van der Waals surface area contributed by atoms with Gasteiger partial charge in [0.1, 0.15) is 0 Å². The summed E-state index contributed by atoms with van der Waals surface area (Å²) < 4.78 is 36.7. The Morgan fingerprint density at radius 3 is 2.19 bits per heavy atom. The Bertz CT molecular complexity index is 370. The first-order valence-electron chi connectivity index (χ1n) is 4.71. The van der Waals surface area contributed by atoms with Crippen LogP contribution >= 0.6 is 11.6 Å². The zero-order chi connectivity index (χ0) is 12.3. The molecular formula is C11H10ClF3O. The van der Waals surface area contributed by atoms with E-state index in [0.717, 1.165) is 24.3 Å². The van der Waals surface area contributed by atoms with E-state index in [-0.39, 0.29) is 11.3 Å². The van der Waals surface area contributed by atoms with Crippen molar-refractivity contribution in [2.24, 2.45) is 0 Å². The molecule has 1 unspecified atom stereocenters. The minimum Gasteiger partial charge on any atom is -0.293 e. The van der Waals surface area contributed by atoms with Crippen molar-refractivity contribution in [3.63, 3.8) is 0 Å². The zero-order valence-electron chi connectivity index (χ0n) is 8.51. The van der Waals surface area contributed by atoms with Crippen molar-refractivity contribution < 1.29 is 18.0 Å². The summed E-state index contributed by atoms with van der Waals surface area (Å²) in [7, 11) is 0. The van der Waals surface area contributed by atoms with E-state index in [1.165, 1.54) is 0 Å². The third kappa shape index (κ3) is 2.98. The number of halogens is 4. The SMILES string of the molecule is CCC(Cl)C(=O)c1ccc(C(F)(F)F)cc1. The molecule has 0 aromatic heterocycles. The van der Waals surface area contributed by atoms with Gasteiger partial charge in [0.05, 0.1) is 10.9 Å². The summed E-state index contributed by atoms with van der Waals surface area (Å²) in [6.07, 6.45) is -3.94. The van der Waals surface area contributed by atoms with E-state index in [2.05, 4.69) is 0 Å². The van der Waals surface area contributed by atoms with E-state index in [4.69, 9.17) is 11.6 Å². The monoisotopic (exact) mass is 250 g/mol. The molecule has 0 N–H and O–H groups in total. The van der Waals surface area contributed by atoms with Gasteiger partial charge in [-0.25, -0.2) is 0 Å². The molecule has 0 spiro atoms. The average molecular weight is 251 g/mol. The number of carbonyl (C=O) groups excluding carboxylic acids is 1. The predicted molar refractivity (Wildman–Crippen MR) is 55.7 cm³/mol. The van der Waals surface area contributed by atoms with Crippen molar-refractivity contribution in [1.82, 2.24) is 0 Å². The van der Waals surface area contributed by atoms with E-state index < -0.39 is 17.1 Å². The normalized spacial score (nSPS) is 13.6. The Labute approximate surface area is 96.2 Å². The highest BCUT2D eigenvalue weighted by Gasteiger charge is 2.30. The van der Waals surface area contributed by atoms with Crippen LogP contribution in [0.15, 0.2) is 24.3 Å². The van der Waals surface area contributed by atoms with Gasteiger partial charge in [0, 0.05) is 5.56 Å². The fourth-order valence-electron chi connectivity index (χ4n) is 1.19. The highest BCUT2D eigenvalue weighted by atomic mass is 35.5. The molecule has 1 aromatic rings. The van der Waals surface area contributed by atoms with Crippen molar-refractivity contribution in [1.29, 1.82) is 0 Å². The largest absolute Gasteiger partial charge is 0.416 e. The Balaban J connectivity index is 2.91. The van der Waals surface area contributed by atoms with Gasteiger partial charge >= 0.3 is 6.18 Å². The molecule has 0 radical (unpaired) electrons. The summed E-state index contributed by atoms with van der Waals surface area (Å²) >= 11 is 5.71. The fourth-order valence-corrected chi connectivity index (χ4v) is 1.32. The van der Waals surface area contributed by atoms with E-state index in [1.807, 2.05) is 0 Å². The van der Waals surface area contributed by atoms with Crippen molar-refractivity contribution in [3.8, 4) is 0 Å². The first kappa shape index (κ1) is 13.0. The smallest absolute Gasteiger partial charge is 0.293 e. The lowest BCUT2D eigenvalue weighted by molar-refractivity contribution is -0.137. The molecule has 1 aromatic carbocycles. The van der Waals surface area contributed by atoms with Crippen molar-refractivity contribution in [3.05, 3.63) is 35.4 Å². The van der Waals surface area contributed by atoms with Crippen LogP contribution in [0.25, 0.3) is 0 Å². The standard InChI is InChI=1S/C11H10ClF3O/c1-2-9(12)10(16)7-3-5-8(6-4-7)11(13,14)15/h3-6,9H,2H2,1H3. The quantitative estimate of drug-likeness (QED) is 0.587. The molecule has 0 heterocycles. The molecule has 5 heteroatoms. The van der Waals surface area contributed by atoms with Gasteiger partial charge in [-0.1, -0.05) is 19.1 Å². The molecule has 1 rings (SSSR count). The maximum Gasteiger partial charge on any atom is 0.416 e. The molecule has 1 nitrogen and oxygen atoms in total. The van der Waals surface area contributed by atoms with E-state index in [0.29, 0.717) is 6.42 Å². The van der Waals surface area contributed by atoms with Crippen LogP contribution in [-0.2, 0) is 6.18 Å². The number of benzene rings is 1. The van der Waals surface area contributed by atoms with Gasteiger partial charge in [0.2, 0.25) is 0 Å². The molecule has 0 aliphatic heterocycles. The van der Waals surface area contributed by atoms with Crippen LogP contribution in [0.2, 0.25) is 0 Å². The highest BCUT2D eigenvalue weighted by molar-refractivity contribution is 6.33. The zero-order valence-corrected chi connectivity index (χ0v) is 9.27. The number of hydrogen-bond acceptors (Lipinski definition) is 1. The highest BCUT2D eigenvalue weighted by Crippen LogP contribution is 2.29. The summed E-state index contributed by atoms with van der Waals surface area (Å²) in [6.45, 7) is 1.74. The number of rotatable bonds is 3. The molecule has 0 bridgehead atoms. The van der Waals surface area contributed by atoms with Crippen LogP contribution in [0.3, 0.4) is 0 Å². The minimum atomic E-state index is -4.38. The van der Waals surface area contributed by atoms with E-state index >= 15 is 0 Å². The number of hydrogen-bond donors (Lipinski definition) is 0. The van der Waals surface area contributed by atoms with E-state index in [9.17, 15) is 18.0 Å². The summed E-state index contributed by atoms with van der Waals surface area (Å²) in [5.41, 5.74) is -0.568. The molecule has 0 fully saturated rings. The second-order valence-corrected chi connectivity index (χ2v) is 3.84. The predicted octanol–water partition coefficient (Wildman–Crippen LogP) is 3.91. The number of carbonyl (C=O) groups is 1. The van der Waals surface area contributed by atoms with Crippen LogP contribution < -0.4 is 0 Å². The van der Waals surface area contributed by atoms with Crippen LogP contribution in [0.1, 0.15) is 29.3 Å². The van der Waals surface area contributed by atoms with Gasteiger partial charge in [0.25, 0.3) is 0 Å². The van der Waals surface area contributed by atoms with Gasteiger partial charge < -0.3 is 0 Å². The lowest BCUT2D eigenvalue weighted by Crippen LogP contribution is -2.14. The summed E-state index contributed by atoms with van der Waals surface area (Å²) in [5, 5.41) is -0.684. The van der Waals surface area contributed by atoms with Crippen LogP contribution in [-0.4, -0.2) is 11.2 Å². The third-order valence-corrected chi connectivity index (χ3v) is 2.65. The van der Waals surface area contributed by atoms with Gasteiger partial charge in [0.15, 0.2) is 5.78 Å². The molecule has 0 saturated carbocycles. The van der Waals surface area contributed by atoms with E-state index in [1.54, 1.807) is 6.92 Å². The Morgan fingerprint density at radius 1 is 1.31 bits per heavy atom. The van der Waals surface area contributed by atoms with Crippen LogP contribution in [0.5, 0.6) is 0 Å². The molecule has 16 heavy (non-hydrogen) atoms. The number of Topliss-reactive ketones (excluding diaryl/α,β-unsaturated/α-hetero) is 1. The lowest BCUT2D eigenvalue weighted by Gasteiger charge is -2.08. The fraction of sp³-hybridized carbons (Fsp3) is 0.364. The van der Waals surface area contributed by atoms with Crippen molar-refractivity contribution in [2.45, 2.75) is 24.9 Å². The molecule has 0 amide bonds. The number of alkyl halides is 4. The molecular weight excluding hydrogens is 241 g/mol. The lowest BCUT2D eigenvalue weighted by atomic mass is 10.0. The number of ketones is 1. The van der Waals surface area contributed by atoms with Gasteiger partial charge in [-0.05, 0) is 18.6 Å². The second-order valence-electron chi connectivity index (χ2n) is 3.32. The first-order chi connectivity index (χ1) is 7.36. The molecule has 0 saturated heterocycles. The molecule has 88 valence electrons. The minimum absolute atomic E-state index is 0.204. The van der Waals surface area contributed by atoms with Gasteiger partial charge in [-0.15, -0.1) is 11.6 Å². The summed E-state index contributed by atoms with van der Waals surface area (Å²) in [5.74, 6) is -0.349. The average Bonchev–Trinajstić information content (AvgIpc) is 2.26. The second kappa shape index (κ2) is 4.87. The summed E-state index contributed by atoms with van der Waals surface area (Å²) in [4.78, 5) is 11.5. The van der Waals surface area contributed by atoms with Gasteiger partial charge in [-0.2, -0.15) is 13.2 Å².